The highest BCUT2D eigenvalue weighted by atomic mass is 15.1. The lowest BCUT2D eigenvalue weighted by atomic mass is 9.92. The average molecular weight is 252 g/mol. The van der Waals surface area contributed by atoms with Crippen LogP contribution in [-0.2, 0) is 0 Å². The third-order valence-corrected chi connectivity index (χ3v) is 4.57. The maximum Gasteiger partial charge on any atom is 0.00682 e. The molecule has 2 aliphatic rings. The molecule has 0 atom stereocenters. The van der Waals surface area contributed by atoms with Gasteiger partial charge in [0.15, 0.2) is 0 Å². The molecule has 18 heavy (non-hydrogen) atoms. The Morgan fingerprint density at radius 2 is 1.78 bits per heavy atom. The van der Waals surface area contributed by atoms with E-state index in [4.69, 9.17) is 0 Å². The number of nitrogens with zero attached hydrogens (tertiary/aromatic N) is 1. The first-order valence-corrected chi connectivity index (χ1v) is 8.34. The minimum atomic E-state index is 0.891. The summed E-state index contributed by atoms with van der Waals surface area (Å²) in [4.78, 5) is 2.69. The maximum absolute atomic E-state index is 3.60. The van der Waals surface area contributed by atoms with Crippen molar-refractivity contribution in [1.29, 1.82) is 0 Å². The first-order valence-electron chi connectivity index (χ1n) is 8.34. The van der Waals surface area contributed by atoms with Crippen LogP contribution in [0.3, 0.4) is 0 Å². The summed E-state index contributed by atoms with van der Waals surface area (Å²) in [6.07, 6.45) is 12.8. The third kappa shape index (κ3) is 5.71. The minimum Gasteiger partial charge on any atom is -0.314 e. The predicted molar refractivity (Wildman–Crippen MR) is 78.9 cm³/mol. The van der Waals surface area contributed by atoms with Gasteiger partial charge in [-0.1, -0.05) is 26.2 Å². The van der Waals surface area contributed by atoms with Gasteiger partial charge in [-0.05, 0) is 70.6 Å². The van der Waals surface area contributed by atoms with Crippen molar-refractivity contribution in [3.63, 3.8) is 0 Å². The third-order valence-electron chi connectivity index (χ3n) is 4.57. The Morgan fingerprint density at radius 1 is 1.00 bits per heavy atom. The summed E-state index contributed by atoms with van der Waals surface area (Å²) in [5, 5.41) is 3.60. The smallest absolute Gasteiger partial charge is 0.00682 e. The molecule has 0 radical (unpaired) electrons. The van der Waals surface area contributed by atoms with Crippen molar-refractivity contribution in [2.75, 3.05) is 26.2 Å². The zero-order valence-electron chi connectivity index (χ0n) is 12.3. The second-order valence-corrected chi connectivity index (χ2v) is 6.36. The number of rotatable bonds is 9. The highest BCUT2D eigenvalue weighted by molar-refractivity contribution is 4.80. The van der Waals surface area contributed by atoms with Gasteiger partial charge in [0.1, 0.15) is 0 Å². The second kappa shape index (κ2) is 8.16. The van der Waals surface area contributed by atoms with Crippen molar-refractivity contribution in [1.82, 2.24) is 10.2 Å². The van der Waals surface area contributed by atoms with Crippen LogP contribution in [0.25, 0.3) is 0 Å². The van der Waals surface area contributed by atoms with Gasteiger partial charge in [0.25, 0.3) is 0 Å². The first kappa shape index (κ1) is 14.3. The molecule has 2 fully saturated rings. The summed E-state index contributed by atoms with van der Waals surface area (Å²) in [6, 6.07) is 0.891. The van der Waals surface area contributed by atoms with E-state index < -0.39 is 0 Å². The van der Waals surface area contributed by atoms with Gasteiger partial charge in [0.2, 0.25) is 0 Å². The molecule has 1 saturated heterocycles. The van der Waals surface area contributed by atoms with Crippen LogP contribution in [0.5, 0.6) is 0 Å². The van der Waals surface area contributed by atoms with E-state index in [9.17, 15) is 0 Å². The molecule has 0 amide bonds. The number of piperidine rings is 1. The zero-order valence-corrected chi connectivity index (χ0v) is 12.3. The predicted octanol–water partition coefficient (Wildman–Crippen LogP) is 3.42. The monoisotopic (exact) mass is 252 g/mol. The molecular formula is C16H32N2. The van der Waals surface area contributed by atoms with Crippen molar-refractivity contribution in [3.05, 3.63) is 0 Å². The summed E-state index contributed by atoms with van der Waals surface area (Å²) in [7, 11) is 0. The molecule has 1 heterocycles. The Hall–Kier alpha value is -0.0800. The highest BCUT2D eigenvalue weighted by Gasteiger charge is 2.19. The van der Waals surface area contributed by atoms with E-state index in [-0.39, 0.29) is 0 Å². The average Bonchev–Trinajstić information content (AvgIpc) is 3.20. The van der Waals surface area contributed by atoms with E-state index in [1.54, 1.807) is 0 Å². The molecule has 1 N–H and O–H groups in total. The number of hydrogen-bond acceptors (Lipinski definition) is 2. The molecule has 2 heteroatoms. The van der Waals surface area contributed by atoms with Crippen molar-refractivity contribution < 1.29 is 0 Å². The molecule has 1 saturated carbocycles. The van der Waals surface area contributed by atoms with Crippen molar-refractivity contribution >= 4 is 0 Å². The molecular weight excluding hydrogens is 220 g/mol. The van der Waals surface area contributed by atoms with E-state index in [1.807, 2.05) is 0 Å². The maximum atomic E-state index is 3.60. The minimum absolute atomic E-state index is 0.891. The van der Waals surface area contributed by atoms with Gasteiger partial charge in [0.05, 0.1) is 0 Å². The zero-order chi connectivity index (χ0) is 12.6. The van der Waals surface area contributed by atoms with Gasteiger partial charge in [0, 0.05) is 6.04 Å². The van der Waals surface area contributed by atoms with Gasteiger partial charge in [-0.25, -0.2) is 0 Å². The van der Waals surface area contributed by atoms with Gasteiger partial charge in [-0.3, -0.25) is 0 Å². The molecule has 1 aliphatic heterocycles. The standard InChI is InChI=1S/C16H32N2/c1-2-6-15-9-13-18(14-10-15)12-5-3-4-11-17-16-7-8-16/h15-17H,2-14H2,1H3. The molecule has 1 aliphatic carbocycles. The molecule has 0 spiro atoms. The highest BCUT2D eigenvalue weighted by Crippen LogP contribution is 2.22. The molecule has 2 nitrogen and oxygen atoms in total. The fourth-order valence-electron chi connectivity index (χ4n) is 3.14. The van der Waals surface area contributed by atoms with E-state index in [1.165, 1.54) is 84.0 Å². The van der Waals surface area contributed by atoms with Crippen LogP contribution in [0, 0.1) is 5.92 Å². The van der Waals surface area contributed by atoms with Crippen LogP contribution in [-0.4, -0.2) is 37.1 Å². The molecule has 0 aromatic rings. The molecule has 106 valence electrons. The van der Waals surface area contributed by atoms with Crippen LogP contribution < -0.4 is 5.32 Å². The lowest BCUT2D eigenvalue weighted by molar-refractivity contribution is 0.176. The van der Waals surface area contributed by atoms with Gasteiger partial charge < -0.3 is 10.2 Å². The Bertz CT molecular complexity index is 205. The summed E-state index contributed by atoms with van der Waals surface area (Å²) in [6.45, 7) is 7.66. The molecule has 0 bridgehead atoms. The van der Waals surface area contributed by atoms with Crippen LogP contribution in [0.2, 0.25) is 0 Å². The largest absolute Gasteiger partial charge is 0.314 e. The number of unbranched alkanes of at least 4 members (excludes halogenated alkanes) is 2. The Kier molecular flexibility index (Phi) is 6.50. The summed E-state index contributed by atoms with van der Waals surface area (Å²) in [5.74, 6) is 1.04. The van der Waals surface area contributed by atoms with Crippen LogP contribution in [0.1, 0.15) is 64.7 Å². The van der Waals surface area contributed by atoms with Gasteiger partial charge in [-0.15, -0.1) is 0 Å². The van der Waals surface area contributed by atoms with Crippen LogP contribution in [0.4, 0.5) is 0 Å². The lowest BCUT2D eigenvalue weighted by Crippen LogP contribution is -2.34. The van der Waals surface area contributed by atoms with Gasteiger partial charge in [-0.2, -0.15) is 0 Å². The summed E-state index contributed by atoms with van der Waals surface area (Å²) >= 11 is 0. The molecule has 0 aromatic heterocycles. The Labute approximate surface area is 114 Å². The fraction of sp³-hybridized carbons (Fsp3) is 1.00. The first-order chi connectivity index (χ1) is 8.88. The number of nitrogens with one attached hydrogen (secondary N) is 1. The molecule has 2 rings (SSSR count). The van der Waals surface area contributed by atoms with Gasteiger partial charge >= 0.3 is 0 Å². The summed E-state index contributed by atoms with van der Waals surface area (Å²) in [5.41, 5.74) is 0. The molecule has 0 aromatic carbocycles. The number of hydrogen-bond donors (Lipinski definition) is 1. The van der Waals surface area contributed by atoms with E-state index in [0.717, 1.165) is 12.0 Å². The summed E-state index contributed by atoms with van der Waals surface area (Å²) < 4.78 is 0. The normalized spacial score (nSPS) is 22.5. The lowest BCUT2D eigenvalue weighted by Gasteiger charge is -2.31. The van der Waals surface area contributed by atoms with Crippen molar-refractivity contribution in [2.45, 2.75) is 70.8 Å². The Morgan fingerprint density at radius 3 is 2.44 bits per heavy atom. The quantitative estimate of drug-likeness (QED) is 0.633. The number of likely N-dealkylation sites (tertiary alicyclic amines) is 1. The fourth-order valence-corrected chi connectivity index (χ4v) is 3.14. The van der Waals surface area contributed by atoms with E-state index in [0.29, 0.717) is 0 Å². The second-order valence-electron chi connectivity index (χ2n) is 6.36. The van der Waals surface area contributed by atoms with Crippen molar-refractivity contribution in [3.8, 4) is 0 Å². The van der Waals surface area contributed by atoms with Crippen LogP contribution >= 0.6 is 0 Å². The topological polar surface area (TPSA) is 15.3 Å². The molecule has 0 unspecified atom stereocenters. The van der Waals surface area contributed by atoms with Crippen LogP contribution in [0.15, 0.2) is 0 Å². The van der Waals surface area contributed by atoms with E-state index in [2.05, 4.69) is 17.1 Å². The van der Waals surface area contributed by atoms with Crippen molar-refractivity contribution in [2.24, 2.45) is 5.92 Å². The Balaban J connectivity index is 1.40. The SMILES string of the molecule is CCCC1CCN(CCCCCNC2CC2)CC1. The van der Waals surface area contributed by atoms with E-state index >= 15 is 0 Å².